The number of hydrogen-bond acceptors (Lipinski definition) is 7. The lowest BCUT2D eigenvalue weighted by Crippen LogP contribution is -2.56. The number of aryl methyl sites for hydroxylation is 1. The second kappa shape index (κ2) is 10.9. The minimum atomic E-state index is -5.08. The van der Waals surface area contributed by atoms with E-state index < -0.39 is 18.2 Å². The van der Waals surface area contributed by atoms with Crippen LogP contribution in [-0.4, -0.2) is 58.1 Å². The summed E-state index contributed by atoms with van der Waals surface area (Å²) in [4.78, 5) is 39.4. The minimum Gasteiger partial charge on any atom is -0.475 e. The van der Waals surface area contributed by atoms with E-state index in [9.17, 15) is 22.8 Å². The van der Waals surface area contributed by atoms with Crippen molar-refractivity contribution in [2.45, 2.75) is 38.7 Å². The van der Waals surface area contributed by atoms with Crippen molar-refractivity contribution in [1.29, 1.82) is 0 Å². The van der Waals surface area contributed by atoms with Crippen molar-refractivity contribution in [3.8, 4) is 0 Å². The van der Waals surface area contributed by atoms with Gasteiger partial charge in [-0.2, -0.15) is 13.2 Å². The summed E-state index contributed by atoms with van der Waals surface area (Å²) in [5, 5.41) is 15.5. The number of aliphatic carboxylic acids is 1. The predicted octanol–water partition coefficient (Wildman–Crippen LogP) is 1.68. The Morgan fingerprint density at radius 3 is 2.68 bits per heavy atom. The molecule has 9 nitrogen and oxygen atoms in total. The van der Waals surface area contributed by atoms with Gasteiger partial charge >= 0.3 is 12.1 Å². The molecule has 3 N–H and O–H groups in total. The monoisotopic (exact) mass is 462 g/mol. The molecule has 1 fully saturated rings. The maximum Gasteiger partial charge on any atom is 0.490 e. The summed E-state index contributed by atoms with van der Waals surface area (Å²) in [6.07, 6.45) is -3.26. The molecule has 31 heavy (non-hydrogen) atoms. The first-order chi connectivity index (χ1) is 14.6. The molecule has 0 radical (unpaired) electrons. The molecule has 0 aromatic carbocycles. The van der Waals surface area contributed by atoms with E-state index in [4.69, 9.17) is 14.3 Å². The van der Waals surface area contributed by atoms with Gasteiger partial charge in [0.25, 0.3) is 0 Å². The van der Waals surface area contributed by atoms with Crippen molar-refractivity contribution in [2.75, 3.05) is 13.1 Å². The van der Waals surface area contributed by atoms with Gasteiger partial charge in [-0.05, 0) is 19.1 Å². The van der Waals surface area contributed by atoms with Gasteiger partial charge in [0.05, 0.1) is 25.6 Å². The number of carboxylic acid groups (broad SMARTS) is 1. The normalized spacial score (nSPS) is 16.8. The van der Waals surface area contributed by atoms with Crippen LogP contribution in [0.4, 0.5) is 13.2 Å². The Kier molecular flexibility index (Phi) is 8.56. The molecule has 1 unspecified atom stereocenters. The zero-order valence-corrected chi connectivity index (χ0v) is 17.3. The summed E-state index contributed by atoms with van der Waals surface area (Å²) >= 11 is 1.49. The fourth-order valence-electron chi connectivity index (χ4n) is 2.71. The molecule has 1 saturated heterocycles. The molecule has 0 spiro atoms. The summed E-state index contributed by atoms with van der Waals surface area (Å²) < 4.78 is 37.3. The molecule has 3 heterocycles. The van der Waals surface area contributed by atoms with E-state index in [-0.39, 0.29) is 18.2 Å². The number of nitrogens with zero attached hydrogens (tertiary/aromatic N) is 2. The lowest BCUT2D eigenvalue weighted by atomic mass is 10.1. The van der Waals surface area contributed by atoms with Crippen LogP contribution >= 0.6 is 11.3 Å². The first-order valence-electron chi connectivity index (χ1n) is 9.08. The highest BCUT2D eigenvalue weighted by atomic mass is 32.1. The van der Waals surface area contributed by atoms with Crippen molar-refractivity contribution in [2.24, 2.45) is 0 Å². The minimum absolute atomic E-state index is 0.117. The van der Waals surface area contributed by atoms with Crippen LogP contribution in [0.15, 0.2) is 28.1 Å². The van der Waals surface area contributed by atoms with E-state index >= 15 is 0 Å². The number of thiazole rings is 1. The van der Waals surface area contributed by atoms with Crippen LogP contribution in [-0.2, 0) is 27.5 Å². The third kappa shape index (κ3) is 8.02. The fraction of sp³-hybridized carbons (Fsp3) is 0.444. The number of hydrogen-bond donors (Lipinski definition) is 3. The summed E-state index contributed by atoms with van der Waals surface area (Å²) in [6.45, 7) is 4.07. The van der Waals surface area contributed by atoms with E-state index in [0.29, 0.717) is 26.2 Å². The predicted molar refractivity (Wildman–Crippen MR) is 103 cm³/mol. The Balaban J connectivity index is 0.000000423. The van der Waals surface area contributed by atoms with Gasteiger partial charge in [0.2, 0.25) is 11.8 Å². The molecule has 0 bridgehead atoms. The molecule has 170 valence electrons. The molecular weight excluding hydrogens is 441 g/mol. The van der Waals surface area contributed by atoms with Gasteiger partial charge in [-0.25, -0.2) is 9.78 Å². The fourth-order valence-corrected chi connectivity index (χ4v) is 3.26. The largest absolute Gasteiger partial charge is 0.490 e. The van der Waals surface area contributed by atoms with Crippen molar-refractivity contribution < 1.29 is 37.1 Å². The van der Waals surface area contributed by atoms with Crippen LogP contribution < -0.4 is 10.6 Å². The van der Waals surface area contributed by atoms with Gasteiger partial charge in [0.15, 0.2) is 0 Å². The highest BCUT2D eigenvalue weighted by Gasteiger charge is 2.38. The lowest BCUT2D eigenvalue weighted by Gasteiger charge is -2.34. The van der Waals surface area contributed by atoms with Gasteiger partial charge in [-0.15, -0.1) is 11.3 Å². The summed E-state index contributed by atoms with van der Waals surface area (Å²) in [7, 11) is 0. The number of rotatable bonds is 6. The molecule has 0 saturated carbocycles. The summed E-state index contributed by atoms with van der Waals surface area (Å²) in [6, 6.07) is 3.32. The van der Waals surface area contributed by atoms with Gasteiger partial charge < -0.3 is 20.2 Å². The average molecular weight is 462 g/mol. The molecule has 1 atom stereocenters. The Hall–Kier alpha value is -2.93. The number of alkyl halides is 3. The van der Waals surface area contributed by atoms with Gasteiger partial charge in [0, 0.05) is 24.7 Å². The maximum absolute atomic E-state index is 12.2. The molecular formula is C18H21F3N4O5S. The van der Waals surface area contributed by atoms with E-state index in [1.165, 1.54) is 11.3 Å². The zero-order chi connectivity index (χ0) is 23.0. The standard InChI is InChI=1S/C16H20N4O3S.C2HF3O2/c1-11-2-3-12(23-11)10-20-6-4-18-16(22)13(20)8-14(21)19-9-15-17-5-7-24-15;3-2(4,5)1(6)7/h2-3,5,7,13H,4,6,8-10H2,1H3,(H,18,22)(H,19,21);(H,6,7). The van der Waals surface area contributed by atoms with Crippen molar-refractivity contribution >= 4 is 29.1 Å². The SMILES string of the molecule is Cc1ccc(CN2CCNC(=O)C2CC(=O)NCc2nccs2)o1.O=C(O)C(F)(F)F. The summed E-state index contributed by atoms with van der Waals surface area (Å²) in [5.74, 6) is -1.39. The molecule has 2 aromatic rings. The van der Waals surface area contributed by atoms with E-state index in [1.807, 2.05) is 29.3 Å². The third-order valence-electron chi connectivity index (χ3n) is 4.14. The Morgan fingerprint density at radius 1 is 1.42 bits per heavy atom. The third-order valence-corrected chi connectivity index (χ3v) is 4.92. The van der Waals surface area contributed by atoms with Crippen LogP contribution in [0.5, 0.6) is 0 Å². The topological polar surface area (TPSA) is 125 Å². The highest BCUT2D eigenvalue weighted by Crippen LogP contribution is 2.16. The smallest absolute Gasteiger partial charge is 0.475 e. The van der Waals surface area contributed by atoms with Crippen LogP contribution in [0, 0.1) is 6.92 Å². The van der Waals surface area contributed by atoms with E-state index in [0.717, 1.165) is 16.5 Å². The Morgan fingerprint density at radius 2 is 2.13 bits per heavy atom. The lowest BCUT2D eigenvalue weighted by molar-refractivity contribution is -0.192. The first kappa shape index (κ1) is 24.3. The van der Waals surface area contributed by atoms with Gasteiger partial charge in [-0.3, -0.25) is 14.5 Å². The van der Waals surface area contributed by atoms with Crippen LogP contribution in [0.3, 0.4) is 0 Å². The molecule has 1 aliphatic heterocycles. The number of carbonyl (C=O) groups is 3. The van der Waals surface area contributed by atoms with Crippen molar-refractivity contribution in [3.63, 3.8) is 0 Å². The Bertz CT molecular complexity index is 885. The van der Waals surface area contributed by atoms with E-state index in [2.05, 4.69) is 15.6 Å². The van der Waals surface area contributed by atoms with Gasteiger partial charge in [-0.1, -0.05) is 0 Å². The molecule has 2 amide bonds. The van der Waals surface area contributed by atoms with Crippen molar-refractivity contribution in [1.82, 2.24) is 20.5 Å². The summed E-state index contributed by atoms with van der Waals surface area (Å²) in [5.41, 5.74) is 0. The number of carboxylic acids is 1. The number of carbonyl (C=O) groups excluding carboxylic acids is 2. The molecule has 13 heteroatoms. The number of nitrogens with one attached hydrogen (secondary N) is 2. The van der Waals surface area contributed by atoms with Crippen LogP contribution in [0.1, 0.15) is 22.9 Å². The second-order valence-corrected chi connectivity index (χ2v) is 7.48. The number of piperazine rings is 1. The quantitative estimate of drug-likeness (QED) is 0.597. The van der Waals surface area contributed by atoms with Crippen LogP contribution in [0.2, 0.25) is 0 Å². The number of halogens is 3. The van der Waals surface area contributed by atoms with Crippen molar-refractivity contribution in [3.05, 3.63) is 40.2 Å². The number of furan rings is 1. The average Bonchev–Trinajstić information content (AvgIpc) is 3.34. The maximum atomic E-state index is 12.2. The highest BCUT2D eigenvalue weighted by molar-refractivity contribution is 7.09. The van der Waals surface area contributed by atoms with E-state index in [1.54, 1.807) is 6.20 Å². The molecule has 1 aliphatic rings. The first-order valence-corrected chi connectivity index (χ1v) is 9.96. The van der Waals surface area contributed by atoms with Crippen LogP contribution in [0.25, 0.3) is 0 Å². The van der Waals surface area contributed by atoms with Gasteiger partial charge in [0.1, 0.15) is 16.5 Å². The second-order valence-electron chi connectivity index (χ2n) is 6.50. The zero-order valence-electron chi connectivity index (χ0n) is 16.4. The molecule has 0 aliphatic carbocycles. The number of amides is 2. The molecule has 2 aromatic heterocycles. The Labute approximate surface area is 179 Å². The number of aromatic nitrogens is 1. The molecule has 3 rings (SSSR count).